The fraction of sp³-hybridized carbons (Fsp3) is 0.111. The van der Waals surface area contributed by atoms with E-state index >= 15 is 0 Å². The van der Waals surface area contributed by atoms with Crippen molar-refractivity contribution in [3.05, 3.63) is 84.5 Å². The summed E-state index contributed by atoms with van der Waals surface area (Å²) >= 11 is 0. The molecule has 0 aliphatic rings. The van der Waals surface area contributed by atoms with Crippen LogP contribution >= 0.6 is 0 Å². The molecule has 0 aliphatic carbocycles. The quantitative estimate of drug-likeness (QED) is 0.775. The smallest absolute Gasteiger partial charge is 0.115 e. The molecule has 0 bridgehead atoms. The highest BCUT2D eigenvalue weighted by molar-refractivity contribution is 5.53. The predicted octanol–water partition coefficient (Wildman–Crippen LogP) is 4.84. The Morgan fingerprint density at radius 1 is 1.00 bits per heavy atom. The third-order valence-electron chi connectivity index (χ3n) is 2.52. The summed E-state index contributed by atoms with van der Waals surface area (Å²) in [5.74, 6) is 0.322. The van der Waals surface area contributed by atoms with Gasteiger partial charge in [0.05, 0.1) is 0 Å². The Labute approximate surface area is 115 Å². The second kappa shape index (κ2) is 8.76. The van der Waals surface area contributed by atoms with Crippen LogP contribution in [0, 0.1) is 0 Å². The van der Waals surface area contributed by atoms with Crippen molar-refractivity contribution in [3.63, 3.8) is 0 Å². The summed E-state index contributed by atoms with van der Waals surface area (Å²) in [5.41, 5.74) is 2.63. The standard InChI is InChI=1S/C12H14.C6H6O/c1-3-7-11-9-5-6-10-12(11)8-4-2;7-6-4-2-1-3-5-6/h3-6,8-10H,1,7H2,2H3;1-5,7H. The van der Waals surface area contributed by atoms with Crippen LogP contribution < -0.4 is 0 Å². The van der Waals surface area contributed by atoms with E-state index in [9.17, 15) is 0 Å². The van der Waals surface area contributed by atoms with Gasteiger partial charge in [-0.3, -0.25) is 0 Å². The van der Waals surface area contributed by atoms with Crippen molar-refractivity contribution in [2.75, 3.05) is 0 Å². The molecule has 1 heteroatoms. The highest BCUT2D eigenvalue weighted by Gasteiger charge is 1.93. The summed E-state index contributed by atoms with van der Waals surface area (Å²) in [6.07, 6.45) is 7.06. The lowest BCUT2D eigenvalue weighted by atomic mass is 10.0. The molecule has 0 unspecified atom stereocenters. The van der Waals surface area contributed by atoms with E-state index in [-0.39, 0.29) is 0 Å². The topological polar surface area (TPSA) is 20.2 Å². The van der Waals surface area contributed by atoms with Gasteiger partial charge in [0, 0.05) is 0 Å². The second-order valence-electron chi connectivity index (χ2n) is 4.03. The molecule has 0 heterocycles. The molecule has 2 aromatic carbocycles. The van der Waals surface area contributed by atoms with Crippen molar-refractivity contribution in [1.29, 1.82) is 0 Å². The van der Waals surface area contributed by atoms with Crippen molar-refractivity contribution in [3.8, 4) is 5.75 Å². The Kier molecular flexibility index (Phi) is 6.81. The fourth-order valence-corrected chi connectivity index (χ4v) is 1.65. The maximum absolute atomic E-state index is 8.63. The Morgan fingerprint density at radius 3 is 2.16 bits per heavy atom. The zero-order valence-electron chi connectivity index (χ0n) is 11.3. The summed E-state index contributed by atoms with van der Waals surface area (Å²) < 4.78 is 0. The van der Waals surface area contributed by atoms with E-state index < -0.39 is 0 Å². The van der Waals surface area contributed by atoms with Gasteiger partial charge in [0.25, 0.3) is 0 Å². The van der Waals surface area contributed by atoms with Gasteiger partial charge in [-0.05, 0) is 36.6 Å². The van der Waals surface area contributed by atoms with E-state index in [1.807, 2.05) is 19.1 Å². The van der Waals surface area contributed by atoms with Crippen LogP contribution in [-0.2, 0) is 6.42 Å². The van der Waals surface area contributed by atoms with Crippen molar-refractivity contribution in [2.45, 2.75) is 13.3 Å². The number of rotatable bonds is 3. The minimum atomic E-state index is 0.322. The molecule has 0 saturated heterocycles. The average Bonchev–Trinajstić information content (AvgIpc) is 2.43. The normalized spacial score (nSPS) is 9.74. The van der Waals surface area contributed by atoms with Crippen LogP contribution in [0.4, 0.5) is 0 Å². The number of hydrogen-bond donors (Lipinski definition) is 1. The van der Waals surface area contributed by atoms with E-state index in [0.29, 0.717) is 5.75 Å². The van der Waals surface area contributed by atoms with Crippen LogP contribution in [0.3, 0.4) is 0 Å². The fourth-order valence-electron chi connectivity index (χ4n) is 1.65. The summed E-state index contributed by atoms with van der Waals surface area (Å²) in [5, 5.41) is 8.63. The Balaban J connectivity index is 0.000000218. The first-order valence-corrected chi connectivity index (χ1v) is 6.33. The van der Waals surface area contributed by atoms with Crippen molar-refractivity contribution in [1.82, 2.24) is 0 Å². The van der Waals surface area contributed by atoms with Gasteiger partial charge in [0.2, 0.25) is 0 Å². The SMILES string of the molecule is C=CCc1ccccc1C=CC.Oc1ccccc1. The molecule has 0 saturated carbocycles. The first-order chi connectivity index (χ1) is 9.27. The molecule has 2 aromatic rings. The van der Waals surface area contributed by atoms with E-state index in [0.717, 1.165) is 6.42 Å². The largest absolute Gasteiger partial charge is 0.508 e. The lowest BCUT2D eigenvalue weighted by molar-refractivity contribution is 0.475. The summed E-state index contributed by atoms with van der Waals surface area (Å²) in [7, 11) is 0. The van der Waals surface area contributed by atoms with Gasteiger partial charge in [-0.15, -0.1) is 6.58 Å². The van der Waals surface area contributed by atoms with Crippen LogP contribution in [-0.4, -0.2) is 5.11 Å². The van der Waals surface area contributed by atoms with Gasteiger partial charge in [-0.1, -0.05) is 60.7 Å². The van der Waals surface area contributed by atoms with Crippen LogP contribution in [0.5, 0.6) is 5.75 Å². The van der Waals surface area contributed by atoms with Crippen molar-refractivity contribution in [2.24, 2.45) is 0 Å². The molecule has 0 aliphatic heterocycles. The first kappa shape index (κ1) is 14.8. The molecule has 1 N–H and O–H groups in total. The molecular weight excluding hydrogens is 232 g/mol. The molecule has 0 spiro atoms. The molecule has 98 valence electrons. The summed E-state index contributed by atoms with van der Waals surface area (Å²) in [4.78, 5) is 0. The molecule has 2 rings (SSSR count). The first-order valence-electron chi connectivity index (χ1n) is 6.33. The van der Waals surface area contributed by atoms with Gasteiger partial charge in [-0.25, -0.2) is 0 Å². The minimum Gasteiger partial charge on any atom is -0.508 e. The van der Waals surface area contributed by atoms with Crippen molar-refractivity contribution >= 4 is 6.08 Å². The molecule has 0 fully saturated rings. The number of aromatic hydroxyl groups is 1. The minimum absolute atomic E-state index is 0.322. The molecule has 0 atom stereocenters. The highest BCUT2D eigenvalue weighted by Crippen LogP contribution is 2.11. The van der Waals surface area contributed by atoms with Crippen LogP contribution in [0.1, 0.15) is 18.1 Å². The average molecular weight is 252 g/mol. The number of para-hydroxylation sites is 1. The van der Waals surface area contributed by atoms with Crippen LogP contribution in [0.2, 0.25) is 0 Å². The van der Waals surface area contributed by atoms with Gasteiger partial charge >= 0.3 is 0 Å². The van der Waals surface area contributed by atoms with Crippen LogP contribution in [0.25, 0.3) is 6.08 Å². The van der Waals surface area contributed by atoms with Crippen LogP contribution in [0.15, 0.2) is 73.3 Å². The number of phenolic OH excluding ortho intramolecular Hbond substituents is 1. The van der Waals surface area contributed by atoms with Crippen molar-refractivity contribution < 1.29 is 5.11 Å². The number of hydrogen-bond acceptors (Lipinski definition) is 1. The van der Waals surface area contributed by atoms with E-state index in [1.165, 1.54) is 11.1 Å². The summed E-state index contributed by atoms with van der Waals surface area (Å²) in [6.45, 7) is 5.77. The molecule has 0 aromatic heterocycles. The lowest BCUT2D eigenvalue weighted by Gasteiger charge is -2.01. The molecule has 0 radical (unpaired) electrons. The summed E-state index contributed by atoms with van der Waals surface area (Å²) in [6, 6.07) is 17.1. The van der Waals surface area contributed by atoms with Gasteiger partial charge in [-0.2, -0.15) is 0 Å². The third-order valence-corrected chi connectivity index (χ3v) is 2.52. The number of benzene rings is 2. The highest BCUT2D eigenvalue weighted by atomic mass is 16.3. The monoisotopic (exact) mass is 252 g/mol. The predicted molar refractivity (Wildman–Crippen MR) is 83.2 cm³/mol. The number of phenols is 1. The molecule has 19 heavy (non-hydrogen) atoms. The Hall–Kier alpha value is -2.28. The van der Waals surface area contributed by atoms with E-state index in [4.69, 9.17) is 5.11 Å². The maximum atomic E-state index is 8.63. The maximum Gasteiger partial charge on any atom is 0.115 e. The Bertz CT molecular complexity index is 512. The third kappa shape index (κ3) is 5.73. The second-order valence-corrected chi connectivity index (χ2v) is 4.03. The van der Waals surface area contributed by atoms with Gasteiger partial charge < -0.3 is 5.11 Å². The Morgan fingerprint density at radius 2 is 1.63 bits per heavy atom. The van der Waals surface area contributed by atoms with E-state index in [2.05, 4.69) is 43.0 Å². The molecule has 0 amide bonds. The van der Waals surface area contributed by atoms with E-state index in [1.54, 1.807) is 24.3 Å². The lowest BCUT2D eigenvalue weighted by Crippen LogP contribution is -1.84. The molecular formula is C18H20O. The number of allylic oxidation sites excluding steroid dienone is 2. The van der Waals surface area contributed by atoms with Gasteiger partial charge in [0.1, 0.15) is 5.75 Å². The van der Waals surface area contributed by atoms with Gasteiger partial charge in [0.15, 0.2) is 0 Å². The zero-order chi connectivity index (χ0) is 13.9. The zero-order valence-corrected chi connectivity index (χ0v) is 11.3. The molecule has 1 nitrogen and oxygen atoms in total.